The monoisotopic (exact) mass is 488 g/mol. The summed E-state index contributed by atoms with van der Waals surface area (Å²) >= 11 is 0. The molecule has 184 valence electrons. The molecule has 2 N–H and O–H groups in total. The van der Waals surface area contributed by atoms with Crippen molar-refractivity contribution >= 4 is 29.6 Å². The molecule has 1 aliphatic heterocycles. The van der Waals surface area contributed by atoms with Gasteiger partial charge < -0.3 is 10.1 Å². The van der Waals surface area contributed by atoms with Gasteiger partial charge in [-0.15, -0.1) is 0 Å². The molecule has 0 spiro atoms. The second-order valence-electron chi connectivity index (χ2n) is 8.01. The standard InChI is InChI=1S/C24H24N8O4/c1-36-8-6-27-19-10-21(28-12-18(19)11-25)30-24(35)32-7-2-3-16-9-17(20(14-33)29-23(16)32)13-31-15-26-5-4-22(31)34/h4-5,9-10,12,14-15H,2-3,6-8,13H2,1H3,(H2,27,28,30,35). The highest BCUT2D eigenvalue weighted by molar-refractivity contribution is 6.01. The Labute approximate surface area is 206 Å². The number of aryl methyl sites for hydroxylation is 1. The Bertz CT molecular complexity index is 1380. The van der Waals surface area contributed by atoms with Gasteiger partial charge in [0.25, 0.3) is 5.56 Å². The van der Waals surface area contributed by atoms with Crippen LogP contribution in [0.3, 0.4) is 0 Å². The molecular weight excluding hydrogens is 464 g/mol. The summed E-state index contributed by atoms with van der Waals surface area (Å²) in [6, 6.07) is 6.33. The molecule has 12 heteroatoms. The minimum absolute atomic E-state index is 0.140. The van der Waals surface area contributed by atoms with Crippen molar-refractivity contribution in [1.29, 1.82) is 5.26 Å². The topological polar surface area (TPSA) is 155 Å². The molecule has 0 atom stereocenters. The van der Waals surface area contributed by atoms with Crippen LogP contribution in [0.2, 0.25) is 0 Å². The number of aromatic nitrogens is 4. The van der Waals surface area contributed by atoms with Gasteiger partial charge in [-0.3, -0.25) is 24.4 Å². The lowest BCUT2D eigenvalue weighted by atomic mass is 10.0. The van der Waals surface area contributed by atoms with Crippen molar-refractivity contribution in [1.82, 2.24) is 19.5 Å². The van der Waals surface area contributed by atoms with Crippen LogP contribution in [0.5, 0.6) is 0 Å². The molecule has 2 amide bonds. The van der Waals surface area contributed by atoms with Crippen molar-refractivity contribution in [2.75, 3.05) is 42.3 Å². The maximum Gasteiger partial charge on any atom is 0.328 e. The number of carbonyl (C=O) groups excluding carboxylic acids is 2. The zero-order valence-corrected chi connectivity index (χ0v) is 19.6. The molecule has 0 aliphatic carbocycles. The van der Waals surface area contributed by atoms with Gasteiger partial charge in [-0.1, -0.05) is 0 Å². The Hall–Kier alpha value is -4.63. The number of hydrogen-bond donors (Lipinski definition) is 2. The average Bonchev–Trinajstić information content (AvgIpc) is 2.89. The maximum atomic E-state index is 13.2. The van der Waals surface area contributed by atoms with Crippen LogP contribution < -0.4 is 21.1 Å². The fourth-order valence-corrected chi connectivity index (χ4v) is 3.89. The van der Waals surface area contributed by atoms with Gasteiger partial charge in [0.1, 0.15) is 23.4 Å². The van der Waals surface area contributed by atoms with E-state index in [2.05, 4.69) is 31.7 Å². The van der Waals surface area contributed by atoms with E-state index in [4.69, 9.17) is 4.74 Å². The fraction of sp³-hybridized carbons (Fsp3) is 0.292. The van der Waals surface area contributed by atoms with Crippen LogP contribution in [-0.4, -0.2) is 58.6 Å². The summed E-state index contributed by atoms with van der Waals surface area (Å²) in [6.45, 7) is 1.47. The van der Waals surface area contributed by atoms with Gasteiger partial charge in [0.15, 0.2) is 6.29 Å². The number of pyridine rings is 2. The van der Waals surface area contributed by atoms with E-state index in [0.717, 1.165) is 5.56 Å². The van der Waals surface area contributed by atoms with Gasteiger partial charge in [-0.25, -0.2) is 19.7 Å². The van der Waals surface area contributed by atoms with Gasteiger partial charge >= 0.3 is 6.03 Å². The number of amides is 2. The van der Waals surface area contributed by atoms with E-state index in [-0.39, 0.29) is 23.6 Å². The number of anilines is 3. The minimum atomic E-state index is -0.462. The number of nitrogens with zero attached hydrogens (tertiary/aromatic N) is 6. The number of aldehydes is 1. The van der Waals surface area contributed by atoms with Crippen LogP contribution >= 0.6 is 0 Å². The molecule has 0 saturated heterocycles. The second kappa shape index (κ2) is 11.2. The summed E-state index contributed by atoms with van der Waals surface area (Å²) in [5, 5.41) is 15.2. The number of carbonyl (C=O) groups is 2. The summed E-state index contributed by atoms with van der Waals surface area (Å²) in [5.74, 6) is 0.643. The minimum Gasteiger partial charge on any atom is -0.383 e. The van der Waals surface area contributed by atoms with Crippen molar-refractivity contribution in [3.05, 3.63) is 69.7 Å². The predicted molar refractivity (Wildman–Crippen MR) is 131 cm³/mol. The highest BCUT2D eigenvalue weighted by Gasteiger charge is 2.26. The lowest BCUT2D eigenvalue weighted by Gasteiger charge is -2.29. The summed E-state index contributed by atoms with van der Waals surface area (Å²) in [4.78, 5) is 51.1. The SMILES string of the molecule is COCCNc1cc(NC(=O)N2CCCc3cc(Cn4cnccc4=O)c(C=O)nc32)ncc1C#N. The lowest BCUT2D eigenvalue weighted by molar-refractivity contribution is 0.111. The van der Waals surface area contributed by atoms with Crippen molar-refractivity contribution in [3.8, 4) is 6.07 Å². The number of rotatable bonds is 8. The van der Waals surface area contributed by atoms with Gasteiger partial charge in [-0.05, 0) is 24.5 Å². The van der Waals surface area contributed by atoms with Crippen molar-refractivity contribution in [2.24, 2.45) is 0 Å². The molecule has 4 rings (SSSR count). The van der Waals surface area contributed by atoms with E-state index in [0.29, 0.717) is 61.5 Å². The van der Waals surface area contributed by atoms with Crippen molar-refractivity contribution in [2.45, 2.75) is 19.4 Å². The number of methoxy groups -OCH3 is 1. The number of nitrogens with one attached hydrogen (secondary N) is 2. The first-order valence-electron chi connectivity index (χ1n) is 11.2. The molecule has 12 nitrogen and oxygen atoms in total. The zero-order valence-electron chi connectivity index (χ0n) is 19.6. The molecular formula is C24H24N8O4. The normalized spacial score (nSPS) is 12.4. The molecule has 0 radical (unpaired) electrons. The molecule has 0 aromatic carbocycles. The summed E-state index contributed by atoms with van der Waals surface area (Å²) in [7, 11) is 1.58. The van der Waals surface area contributed by atoms with Crippen LogP contribution in [-0.2, 0) is 17.7 Å². The first-order valence-corrected chi connectivity index (χ1v) is 11.2. The number of ether oxygens (including phenoxy) is 1. The molecule has 0 bridgehead atoms. The first-order chi connectivity index (χ1) is 17.5. The molecule has 0 unspecified atom stereocenters. The van der Waals surface area contributed by atoms with Crippen LogP contribution in [0.4, 0.5) is 22.1 Å². The third kappa shape index (κ3) is 5.37. The van der Waals surface area contributed by atoms with Crippen LogP contribution in [0, 0.1) is 11.3 Å². The molecule has 0 fully saturated rings. The van der Waals surface area contributed by atoms with Gasteiger partial charge in [0.2, 0.25) is 0 Å². The van der Waals surface area contributed by atoms with Crippen molar-refractivity contribution in [3.63, 3.8) is 0 Å². The Morgan fingerprint density at radius 1 is 1.36 bits per heavy atom. The summed E-state index contributed by atoms with van der Waals surface area (Å²) in [6.07, 6.45) is 6.16. The molecule has 1 aliphatic rings. The smallest absolute Gasteiger partial charge is 0.328 e. The second-order valence-corrected chi connectivity index (χ2v) is 8.01. The third-order valence-electron chi connectivity index (χ3n) is 5.65. The molecule has 3 aromatic heterocycles. The van der Waals surface area contributed by atoms with Crippen LogP contribution in [0.1, 0.15) is 33.6 Å². The Morgan fingerprint density at radius 3 is 2.97 bits per heavy atom. The Morgan fingerprint density at radius 2 is 2.22 bits per heavy atom. The van der Waals surface area contributed by atoms with E-state index >= 15 is 0 Å². The van der Waals surface area contributed by atoms with E-state index in [1.54, 1.807) is 13.2 Å². The van der Waals surface area contributed by atoms with E-state index in [1.807, 2.05) is 6.07 Å². The molecule has 36 heavy (non-hydrogen) atoms. The molecule has 4 heterocycles. The zero-order chi connectivity index (χ0) is 25.5. The van der Waals surface area contributed by atoms with Crippen LogP contribution in [0.25, 0.3) is 0 Å². The van der Waals surface area contributed by atoms with E-state index in [9.17, 15) is 19.6 Å². The van der Waals surface area contributed by atoms with Gasteiger partial charge in [0, 0.05) is 50.3 Å². The predicted octanol–water partition coefficient (Wildman–Crippen LogP) is 1.81. The molecule has 0 saturated carbocycles. The largest absolute Gasteiger partial charge is 0.383 e. The first kappa shape index (κ1) is 24.5. The number of fused-ring (bicyclic) bond motifs is 1. The number of hydrogen-bond acceptors (Lipinski definition) is 9. The third-order valence-corrected chi connectivity index (χ3v) is 5.65. The lowest BCUT2D eigenvalue weighted by Crippen LogP contribution is -2.40. The summed E-state index contributed by atoms with van der Waals surface area (Å²) < 4.78 is 6.41. The fourth-order valence-electron chi connectivity index (χ4n) is 3.89. The quantitative estimate of drug-likeness (QED) is 0.357. The highest BCUT2D eigenvalue weighted by atomic mass is 16.5. The van der Waals surface area contributed by atoms with Crippen LogP contribution in [0.15, 0.2) is 41.7 Å². The number of nitriles is 1. The Balaban J connectivity index is 1.58. The molecule has 3 aromatic rings. The Kier molecular flexibility index (Phi) is 7.62. The average molecular weight is 489 g/mol. The number of urea groups is 1. The highest BCUT2D eigenvalue weighted by Crippen LogP contribution is 2.28. The van der Waals surface area contributed by atoms with Crippen molar-refractivity contribution < 1.29 is 14.3 Å². The van der Waals surface area contributed by atoms with E-state index < -0.39 is 6.03 Å². The van der Waals surface area contributed by atoms with Gasteiger partial charge in [0.05, 0.1) is 30.7 Å². The maximum absolute atomic E-state index is 13.2. The van der Waals surface area contributed by atoms with Gasteiger partial charge in [-0.2, -0.15) is 5.26 Å². The van der Waals surface area contributed by atoms with E-state index in [1.165, 1.54) is 34.3 Å². The summed E-state index contributed by atoms with van der Waals surface area (Å²) in [5.41, 5.74) is 2.13.